The average Bonchev–Trinajstić information content (AvgIpc) is 3.58. The summed E-state index contributed by atoms with van der Waals surface area (Å²) in [5, 5.41) is 12.7. The largest absolute Gasteiger partial charge is 0.482 e. The molecule has 0 amide bonds. The zero-order chi connectivity index (χ0) is 29.9. The maximum Gasteiger partial charge on any atom is 0.374 e. The van der Waals surface area contributed by atoms with Crippen molar-refractivity contribution in [2.24, 2.45) is 16.7 Å². The molecule has 1 saturated carbocycles. The van der Waals surface area contributed by atoms with Crippen molar-refractivity contribution < 1.29 is 38.4 Å². The van der Waals surface area contributed by atoms with Crippen LogP contribution in [0, 0.1) is 16.7 Å². The molecule has 0 radical (unpaired) electrons. The maximum absolute atomic E-state index is 13.6. The van der Waals surface area contributed by atoms with E-state index in [0.717, 1.165) is 17.6 Å². The summed E-state index contributed by atoms with van der Waals surface area (Å²) in [6, 6.07) is 17.2. The van der Waals surface area contributed by atoms with Gasteiger partial charge in [0.1, 0.15) is 18.3 Å². The van der Waals surface area contributed by atoms with Crippen LogP contribution in [0.15, 0.2) is 83.6 Å². The first-order valence-electron chi connectivity index (χ1n) is 14.5. The predicted octanol–water partition coefficient (Wildman–Crippen LogP) is 5.17. The van der Waals surface area contributed by atoms with Gasteiger partial charge in [0.05, 0.1) is 11.1 Å². The first-order chi connectivity index (χ1) is 20.0. The van der Waals surface area contributed by atoms with E-state index in [1.807, 2.05) is 26.8 Å². The average molecular weight is 573 g/mol. The van der Waals surface area contributed by atoms with Crippen molar-refractivity contribution >= 4 is 17.9 Å². The quantitative estimate of drug-likeness (QED) is 0.297. The molecular weight excluding hydrogens is 536 g/mol. The normalized spacial score (nSPS) is 35.4. The number of rotatable bonds is 5. The van der Waals surface area contributed by atoms with Crippen molar-refractivity contribution in [1.29, 1.82) is 0 Å². The summed E-state index contributed by atoms with van der Waals surface area (Å²) in [5.74, 6) is -1.76. The molecule has 42 heavy (non-hydrogen) atoms. The van der Waals surface area contributed by atoms with Gasteiger partial charge in [0.15, 0.2) is 12.2 Å². The highest BCUT2D eigenvalue weighted by atomic mass is 16.6. The van der Waals surface area contributed by atoms with Crippen LogP contribution in [0.25, 0.3) is 0 Å². The molecule has 1 fully saturated rings. The lowest BCUT2D eigenvalue weighted by Crippen LogP contribution is -2.75. The highest BCUT2D eigenvalue weighted by molar-refractivity contribution is 5.91. The van der Waals surface area contributed by atoms with E-state index >= 15 is 0 Å². The first-order valence-corrected chi connectivity index (χ1v) is 14.5. The monoisotopic (exact) mass is 572 g/mol. The van der Waals surface area contributed by atoms with E-state index in [2.05, 4.69) is 6.08 Å². The second-order valence-electron chi connectivity index (χ2n) is 12.4. The van der Waals surface area contributed by atoms with Crippen molar-refractivity contribution in [3.05, 3.63) is 94.8 Å². The Bertz CT molecular complexity index is 1480. The number of fused-ring (bicyclic) bond motifs is 1. The van der Waals surface area contributed by atoms with Crippen molar-refractivity contribution in [3.63, 3.8) is 0 Å². The molecule has 2 aliphatic carbocycles. The van der Waals surface area contributed by atoms with Gasteiger partial charge in [-0.15, -0.1) is 0 Å². The molecule has 4 aliphatic rings. The van der Waals surface area contributed by atoms with Crippen LogP contribution in [0.4, 0.5) is 0 Å². The predicted molar refractivity (Wildman–Crippen MR) is 152 cm³/mol. The molecule has 0 bridgehead atoms. The highest BCUT2D eigenvalue weighted by Crippen LogP contribution is 2.66. The number of carbonyl (C=O) groups is 3. The van der Waals surface area contributed by atoms with E-state index in [9.17, 15) is 19.5 Å². The molecule has 6 rings (SSSR count). The summed E-state index contributed by atoms with van der Waals surface area (Å²) < 4.78 is 24.0. The summed E-state index contributed by atoms with van der Waals surface area (Å²) in [6.07, 6.45) is 1.08. The van der Waals surface area contributed by atoms with Gasteiger partial charge in [-0.25, -0.2) is 14.4 Å². The lowest BCUT2D eigenvalue weighted by molar-refractivity contribution is -0.288. The summed E-state index contributed by atoms with van der Waals surface area (Å²) in [5.41, 5.74) is -1.19. The van der Waals surface area contributed by atoms with Crippen LogP contribution in [0.1, 0.15) is 67.7 Å². The Morgan fingerprint density at radius 3 is 2.05 bits per heavy atom. The molecule has 2 aromatic carbocycles. The summed E-state index contributed by atoms with van der Waals surface area (Å²) in [7, 11) is 0. The fraction of sp³-hybridized carbons (Fsp3) is 0.441. The topological polar surface area (TPSA) is 108 Å². The molecular formula is C34H36O8. The van der Waals surface area contributed by atoms with Gasteiger partial charge in [0, 0.05) is 22.8 Å². The number of ether oxygens (including phenoxy) is 4. The molecule has 0 spiro atoms. The van der Waals surface area contributed by atoms with Crippen molar-refractivity contribution in [1.82, 2.24) is 0 Å². The van der Waals surface area contributed by atoms with E-state index in [1.165, 1.54) is 0 Å². The van der Waals surface area contributed by atoms with E-state index in [1.54, 1.807) is 61.5 Å². The van der Waals surface area contributed by atoms with Crippen LogP contribution < -0.4 is 0 Å². The lowest BCUT2D eigenvalue weighted by atomic mass is 9.43. The number of hydrogen-bond acceptors (Lipinski definition) is 8. The van der Waals surface area contributed by atoms with E-state index < -0.39 is 52.7 Å². The summed E-state index contributed by atoms with van der Waals surface area (Å²) in [4.78, 5) is 39.6. The first kappa shape index (κ1) is 28.2. The van der Waals surface area contributed by atoms with Gasteiger partial charge < -0.3 is 24.1 Å². The van der Waals surface area contributed by atoms with Crippen LogP contribution in [0.5, 0.6) is 0 Å². The Hall–Kier alpha value is -3.91. The Kier molecular flexibility index (Phi) is 6.80. The molecule has 7 atom stereocenters. The van der Waals surface area contributed by atoms with E-state index in [4.69, 9.17) is 18.9 Å². The third-order valence-corrected chi connectivity index (χ3v) is 10.4. The Labute approximate surface area is 245 Å². The fourth-order valence-corrected chi connectivity index (χ4v) is 7.75. The Morgan fingerprint density at radius 1 is 0.905 bits per heavy atom. The third-order valence-electron chi connectivity index (χ3n) is 10.4. The minimum Gasteiger partial charge on any atom is -0.482 e. The molecule has 0 aromatic heterocycles. The molecule has 2 aliphatic heterocycles. The third kappa shape index (κ3) is 4.10. The van der Waals surface area contributed by atoms with Gasteiger partial charge in [0.2, 0.25) is 5.76 Å². The van der Waals surface area contributed by atoms with Gasteiger partial charge in [-0.3, -0.25) is 0 Å². The standard InChI is InChI=1S/C34H36O8/c1-20-12-11-17-24-32(20,2)27(41-29(35)21-13-7-5-8-14-21)28(42-30(36)22-15-9-6-10-16-22)34(4,38)33(24,3)25-18-23-19-39-31(37)26(23)40-25/h5-10,12-16,24-25,27-28,38H,11,17-19H2,1-4H3/t24?,25-,27+,28+,32?,33-,34+/m1/s1. The van der Waals surface area contributed by atoms with Crippen LogP contribution >= 0.6 is 0 Å². The number of cyclic esters (lactones) is 1. The number of hydrogen-bond donors (Lipinski definition) is 1. The minimum atomic E-state index is -1.74. The molecule has 8 nitrogen and oxygen atoms in total. The SMILES string of the molecule is CC1=CCCC2C1(C)[C@@H](OC(=O)c1ccccc1)[C@H](OC(=O)c1ccccc1)[C@](C)(O)[C@@]2(C)[C@H]1CC2=C(O1)C(=O)OC2. The second-order valence-corrected chi connectivity index (χ2v) is 12.4. The van der Waals surface area contributed by atoms with E-state index in [0.29, 0.717) is 24.0 Å². The fourth-order valence-electron chi connectivity index (χ4n) is 7.75. The van der Waals surface area contributed by atoms with Crippen LogP contribution in [0.3, 0.4) is 0 Å². The number of esters is 3. The zero-order valence-electron chi connectivity index (χ0n) is 24.3. The maximum atomic E-state index is 13.6. The smallest absolute Gasteiger partial charge is 0.374 e. The number of carbonyl (C=O) groups excluding carboxylic acids is 3. The van der Waals surface area contributed by atoms with E-state index in [-0.39, 0.29) is 18.3 Å². The molecule has 2 aromatic rings. The molecule has 220 valence electrons. The molecule has 1 N–H and O–H groups in total. The van der Waals surface area contributed by atoms with Crippen molar-refractivity contribution in [2.45, 2.75) is 70.9 Å². The number of benzene rings is 2. The molecule has 2 heterocycles. The van der Waals surface area contributed by atoms with Crippen molar-refractivity contribution in [3.8, 4) is 0 Å². The van der Waals surface area contributed by atoms with Crippen LogP contribution in [-0.2, 0) is 23.7 Å². The highest BCUT2D eigenvalue weighted by Gasteiger charge is 2.73. The molecule has 0 saturated heterocycles. The van der Waals surface area contributed by atoms with Gasteiger partial charge in [-0.05, 0) is 56.9 Å². The molecule has 2 unspecified atom stereocenters. The number of allylic oxidation sites excluding steroid dienone is 1. The Balaban J connectivity index is 1.48. The summed E-state index contributed by atoms with van der Waals surface area (Å²) >= 11 is 0. The van der Waals surface area contributed by atoms with Gasteiger partial charge in [-0.1, -0.05) is 61.9 Å². The zero-order valence-corrected chi connectivity index (χ0v) is 24.3. The number of aliphatic hydroxyl groups is 1. The lowest BCUT2D eigenvalue weighted by Gasteiger charge is -2.66. The van der Waals surface area contributed by atoms with Gasteiger partial charge in [0.25, 0.3) is 0 Å². The van der Waals surface area contributed by atoms with Gasteiger partial charge in [-0.2, -0.15) is 0 Å². The second kappa shape index (κ2) is 10.1. The molecule has 8 heteroatoms. The van der Waals surface area contributed by atoms with Crippen LogP contribution in [0.2, 0.25) is 0 Å². The van der Waals surface area contributed by atoms with Gasteiger partial charge >= 0.3 is 17.9 Å². The summed E-state index contributed by atoms with van der Waals surface area (Å²) in [6.45, 7) is 7.76. The van der Waals surface area contributed by atoms with Crippen molar-refractivity contribution in [2.75, 3.05) is 6.61 Å². The minimum absolute atomic E-state index is 0.160. The van der Waals surface area contributed by atoms with Crippen LogP contribution in [-0.4, -0.2) is 53.5 Å². The Morgan fingerprint density at radius 2 is 1.48 bits per heavy atom.